The largest absolute Gasteiger partial charge is 0.493 e. The van der Waals surface area contributed by atoms with Crippen LogP contribution >= 0.6 is 0 Å². The number of hydrogen-bond acceptors (Lipinski definition) is 2. The van der Waals surface area contributed by atoms with Gasteiger partial charge < -0.3 is 10.5 Å². The van der Waals surface area contributed by atoms with Crippen molar-refractivity contribution in [1.29, 1.82) is 0 Å². The summed E-state index contributed by atoms with van der Waals surface area (Å²) < 4.78 is 5.98. The zero-order chi connectivity index (χ0) is 15.3. The second kappa shape index (κ2) is 7.12. The average molecular weight is 277 g/mol. The van der Waals surface area contributed by atoms with Crippen molar-refractivity contribution in [2.24, 2.45) is 5.73 Å². The highest BCUT2D eigenvalue weighted by Gasteiger charge is 2.22. The molecule has 2 N–H and O–H groups in total. The summed E-state index contributed by atoms with van der Waals surface area (Å²) >= 11 is 0. The van der Waals surface area contributed by atoms with Crippen LogP contribution in [0.4, 0.5) is 0 Å². The Bertz CT molecular complexity index is 430. The lowest BCUT2D eigenvalue weighted by Crippen LogP contribution is -2.16. The van der Waals surface area contributed by atoms with E-state index < -0.39 is 0 Å². The molecule has 1 atom stereocenters. The lowest BCUT2D eigenvalue weighted by Gasteiger charge is -2.25. The van der Waals surface area contributed by atoms with Crippen molar-refractivity contribution >= 4 is 0 Å². The van der Waals surface area contributed by atoms with Gasteiger partial charge in [-0.25, -0.2) is 0 Å². The molecule has 0 aliphatic rings. The maximum absolute atomic E-state index is 5.98. The molecule has 0 saturated heterocycles. The zero-order valence-corrected chi connectivity index (χ0v) is 14.0. The molecular formula is C18H31NO. The number of benzene rings is 1. The zero-order valence-electron chi connectivity index (χ0n) is 14.0. The maximum atomic E-state index is 5.98. The van der Waals surface area contributed by atoms with Crippen molar-refractivity contribution in [3.05, 3.63) is 28.8 Å². The topological polar surface area (TPSA) is 35.2 Å². The fourth-order valence-corrected chi connectivity index (χ4v) is 2.52. The summed E-state index contributed by atoms with van der Waals surface area (Å²) in [5.41, 5.74) is 9.91. The van der Waals surface area contributed by atoms with E-state index in [1.165, 1.54) is 16.7 Å². The van der Waals surface area contributed by atoms with Crippen LogP contribution in [0, 0.1) is 6.92 Å². The molecule has 0 amide bonds. The highest BCUT2D eigenvalue weighted by atomic mass is 16.5. The number of nitrogens with two attached hydrogens (primary N) is 1. The van der Waals surface area contributed by atoms with E-state index in [-0.39, 0.29) is 11.5 Å². The van der Waals surface area contributed by atoms with E-state index in [0.717, 1.165) is 25.0 Å². The van der Waals surface area contributed by atoms with Crippen LogP contribution in [0.1, 0.15) is 64.2 Å². The molecule has 1 rings (SSSR count). The van der Waals surface area contributed by atoms with E-state index in [1.807, 2.05) is 0 Å². The van der Waals surface area contributed by atoms with Crippen LogP contribution < -0.4 is 10.5 Å². The SMILES string of the molecule is CCOc1c(CCCC(C)N)cc(C)cc1C(C)(C)C. The van der Waals surface area contributed by atoms with Gasteiger partial charge in [0.2, 0.25) is 0 Å². The first kappa shape index (κ1) is 17.0. The Kier molecular flexibility index (Phi) is 6.07. The van der Waals surface area contributed by atoms with Crippen LogP contribution in [0.5, 0.6) is 5.75 Å². The standard InChI is InChI=1S/C18H31NO/c1-7-20-17-15(10-8-9-14(3)19)11-13(2)12-16(17)18(4,5)6/h11-12,14H,7-10,19H2,1-6H3. The predicted octanol–water partition coefficient (Wildman–Crippen LogP) is 4.36. The monoisotopic (exact) mass is 277 g/mol. The van der Waals surface area contributed by atoms with Crippen LogP contribution in [0.3, 0.4) is 0 Å². The molecule has 0 bridgehead atoms. The Morgan fingerprint density at radius 3 is 2.40 bits per heavy atom. The molecule has 1 aromatic carbocycles. The molecule has 0 aliphatic heterocycles. The molecule has 0 spiro atoms. The van der Waals surface area contributed by atoms with Gasteiger partial charge in [-0.3, -0.25) is 0 Å². The van der Waals surface area contributed by atoms with Gasteiger partial charge in [-0.15, -0.1) is 0 Å². The van der Waals surface area contributed by atoms with Crippen molar-refractivity contribution in [3.8, 4) is 5.75 Å². The van der Waals surface area contributed by atoms with Crippen LogP contribution in [0.25, 0.3) is 0 Å². The van der Waals surface area contributed by atoms with E-state index in [9.17, 15) is 0 Å². The lowest BCUT2D eigenvalue weighted by atomic mass is 9.83. The highest BCUT2D eigenvalue weighted by Crippen LogP contribution is 2.36. The van der Waals surface area contributed by atoms with E-state index >= 15 is 0 Å². The van der Waals surface area contributed by atoms with Gasteiger partial charge in [0.1, 0.15) is 5.75 Å². The second-order valence-corrected chi connectivity index (χ2v) is 6.85. The summed E-state index contributed by atoms with van der Waals surface area (Å²) in [6.45, 7) is 13.7. The predicted molar refractivity (Wildman–Crippen MR) is 87.6 cm³/mol. The third-order valence-electron chi connectivity index (χ3n) is 3.51. The number of aryl methyl sites for hydroxylation is 2. The molecule has 2 nitrogen and oxygen atoms in total. The Labute approximate surface area is 124 Å². The molecule has 0 fully saturated rings. The molecule has 0 saturated carbocycles. The molecule has 1 aromatic rings. The van der Waals surface area contributed by atoms with Crippen molar-refractivity contribution < 1.29 is 4.74 Å². The Morgan fingerprint density at radius 2 is 1.90 bits per heavy atom. The minimum Gasteiger partial charge on any atom is -0.493 e. The minimum atomic E-state index is 0.104. The molecule has 2 heteroatoms. The van der Waals surface area contributed by atoms with Gasteiger partial charge in [0, 0.05) is 11.6 Å². The van der Waals surface area contributed by atoms with E-state index in [0.29, 0.717) is 6.61 Å². The smallest absolute Gasteiger partial charge is 0.126 e. The van der Waals surface area contributed by atoms with Crippen molar-refractivity contribution in [2.75, 3.05) is 6.61 Å². The van der Waals surface area contributed by atoms with Gasteiger partial charge in [0.15, 0.2) is 0 Å². The molecule has 20 heavy (non-hydrogen) atoms. The van der Waals surface area contributed by atoms with Gasteiger partial charge in [0.25, 0.3) is 0 Å². The average Bonchev–Trinajstić information content (AvgIpc) is 2.30. The first-order valence-electron chi connectivity index (χ1n) is 7.78. The second-order valence-electron chi connectivity index (χ2n) is 6.85. The fourth-order valence-electron chi connectivity index (χ4n) is 2.52. The molecule has 1 unspecified atom stereocenters. The first-order chi connectivity index (χ1) is 9.25. The van der Waals surface area contributed by atoms with Gasteiger partial charge in [-0.2, -0.15) is 0 Å². The number of hydrogen-bond donors (Lipinski definition) is 1. The highest BCUT2D eigenvalue weighted by molar-refractivity contribution is 5.48. The molecule has 0 heterocycles. The Balaban J connectivity index is 3.10. The summed E-state index contributed by atoms with van der Waals surface area (Å²) in [7, 11) is 0. The quantitative estimate of drug-likeness (QED) is 0.838. The Morgan fingerprint density at radius 1 is 1.25 bits per heavy atom. The summed E-state index contributed by atoms with van der Waals surface area (Å²) in [6, 6.07) is 4.80. The van der Waals surface area contributed by atoms with E-state index in [4.69, 9.17) is 10.5 Å². The number of rotatable bonds is 6. The first-order valence-corrected chi connectivity index (χ1v) is 7.78. The van der Waals surface area contributed by atoms with Crippen LogP contribution in [-0.4, -0.2) is 12.6 Å². The summed E-state index contributed by atoms with van der Waals surface area (Å²) in [5, 5.41) is 0. The van der Waals surface area contributed by atoms with Gasteiger partial charge in [0.05, 0.1) is 6.61 Å². The molecule has 114 valence electrons. The molecule has 0 aromatic heterocycles. The summed E-state index contributed by atoms with van der Waals surface area (Å²) in [4.78, 5) is 0. The lowest BCUT2D eigenvalue weighted by molar-refractivity contribution is 0.325. The fraction of sp³-hybridized carbons (Fsp3) is 0.667. The van der Waals surface area contributed by atoms with Gasteiger partial charge >= 0.3 is 0 Å². The summed E-state index contributed by atoms with van der Waals surface area (Å²) in [5.74, 6) is 1.09. The van der Waals surface area contributed by atoms with E-state index in [2.05, 4.69) is 53.7 Å². The van der Waals surface area contributed by atoms with Crippen LogP contribution in [0.15, 0.2) is 12.1 Å². The van der Waals surface area contributed by atoms with Crippen LogP contribution in [0.2, 0.25) is 0 Å². The Hall–Kier alpha value is -1.02. The molecular weight excluding hydrogens is 246 g/mol. The molecule has 0 aliphatic carbocycles. The minimum absolute atomic E-state index is 0.104. The van der Waals surface area contributed by atoms with Crippen molar-refractivity contribution in [3.63, 3.8) is 0 Å². The van der Waals surface area contributed by atoms with Crippen molar-refractivity contribution in [2.45, 2.75) is 72.3 Å². The maximum Gasteiger partial charge on any atom is 0.126 e. The summed E-state index contributed by atoms with van der Waals surface area (Å²) in [6.07, 6.45) is 3.22. The third-order valence-corrected chi connectivity index (χ3v) is 3.51. The van der Waals surface area contributed by atoms with Gasteiger partial charge in [-0.05, 0) is 51.0 Å². The van der Waals surface area contributed by atoms with Crippen molar-refractivity contribution in [1.82, 2.24) is 0 Å². The third kappa shape index (κ3) is 4.82. The molecule has 0 radical (unpaired) electrons. The van der Waals surface area contributed by atoms with Crippen LogP contribution in [-0.2, 0) is 11.8 Å². The normalized spacial score (nSPS) is 13.3. The number of ether oxygens (including phenoxy) is 1. The van der Waals surface area contributed by atoms with E-state index in [1.54, 1.807) is 0 Å². The van der Waals surface area contributed by atoms with Gasteiger partial charge in [-0.1, -0.05) is 38.5 Å².